The van der Waals surface area contributed by atoms with E-state index in [0.717, 1.165) is 11.3 Å². The number of anilines is 1. The number of hydrogen-bond donors (Lipinski definition) is 0. The average Bonchev–Trinajstić information content (AvgIpc) is 3.23. The second-order valence-electron chi connectivity index (χ2n) is 7.67. The fourth-order valence-electron chi connectivity index (χ4n) is 4.03. The monoisotopic (exact) mass is 441 g/mol. The Kier molecular flexibility index (Phi) is 5.33. The van der Waals surface area contributed by atoms with E-state index in [4.69, 9.17) is 16.3 Å². The molecule has 160 valence electrons. The summed E-state index contributed by atoms with van der Waals surface area (Å²) in [6, 6.07) is 14.0. The SMILES string of the molecule is O=C(c1nnn2c1CO[C@H](c1ccc(Cl)cc1)C2)N1CCN(c2ccc(F)cc2)CC1. The number of rotatable bonds is 3. The van der Waals surface area contributed by atoms with Crippen LogP contribution in [0, 0.1) is 5.82 Å². The third-order valence-electron chi connectivity index (χ3n) is 5.80. The lowest BCUT2D eigenvalue weighted by atomic mass is 10.1. The molecule has 9 heteroatoms. The van der Waals surface area contributed by atoms with Gasteiger partial charge < -0.3 is 14.5 Å². The van der Waals surface area contributed by atoms with Crippen LogP contribution in [0.3, 0.4) is 0 Å². The number of hydrogen-bond acceptors (Lipinski definition) is 5. The first-order valence-corrected chi connectivity index (χ1v) is 10.6. The van der Waals surface area contributed by atoms with Crippen molar-refractivity contribution in [3.05, 3.63) is 76.3 Å². The molecule has 2 aliphatic rings. The Morgan fingerprint density at radius 2 is 1.74 bits per heavy atom. The van der Waals surface area contributed by atoms with Gasteiger partial charge in [0.1, 0.15) is 11.9 Å². The van der Waals surface area contributed by atoms with Gasteiger partial charge >= 0.3 is 0 Å². The van der Waals surface area contributed by atoms with Crippen molar-refractivity contribution in [2.24, 2.45) is 0 Å². The van der Waals surface area contributed by atoms with Crippen LogP contribution in [-0.4, -0.2) is 52.0 Å². The molecule has 0 radical (unpaired) electrons. The topological polar surface area (TPSA) is 63.5 Å². The van der Waals surface area contributed by atoms with Crippen molar-refractivity contribution in [3.63, 3.8) is 0 Å². The number of carbonyl (C=O) groups excluding carboxylic acids is 1. The number of carbonyl (C=O) groups is 1. The molecule has 1 atom stereocenters. The first-order valence-electron chi connectivity index (χ1n) is 10.2. The maximum absolute atomic E-state index is 13.2. The molecule has 0 N–H and O–H groups in total. The van der Waals surface area contributed by atoms with Gasteiger partial charge in [0.25, 0.3) is 5.91 Å². The molecule has 0 bridgehead atoms. The molecule has 2 aliphatic heterocycles. The highest BCUT2D eigenvalue weighted by Crippen LogP contribution is 2.28. The van der Waals surface area contributed by atoms with Crippen molar-refractivity contribution in [3.8, 4) is 0 Å². The molecular weight excluding hydrogens is 421 g/mol. The predicted octanol–water partition coefficient (Wildman–Crippen LogP) is 3.30. The number of piperazine rings is 1. The number of amides is 1. The Hall–Kier alpha value is -2.97. The van der Waals surface area contributed by atoms with Gasteiger partial charge in [0.05, 0.1) is 18.8 Å². The van der Waals surface area contributed by atoms with Gasteiger partial charge in [-0.05, 0) is 42.0 Å². The second-order valence-corrected chi connectivity index (χ2v) is 8.11. The summed E-state index contributed by atoms with van der Waals surface area (Å²) in [6.45, 7) is 3.26. The quantitative estimate of drug-likeness (QED) is 0.624. The molecule has 5 rings (SSSR count). The lowest BCUT2D eigenvalue weighted by Crippen LogP contribution is -2.49. The first-order chi connectivity index (χ1) is 15.1. The standard InChI is InChI=1S/C22H21ClFN5O2/c23-16-3-1-15(2-4-16)20-13-29-19(14-31-20)21(25-26-29)22(30)28-11-9-27(10-12-28)18-7-5-17(24)6-8-18/h1-8,20H,9-14H2/t20-/m0/s1. The maximum atomic E-state index is 13.2. The Balaban J connectivity index is 1.24. The number of halogens is 2. The minimum absolute atomic E-state index is 0.131. The van der Waals surface area contributed by atoms with Crippen LogP contribution in [-0.2, 0) is 17.9 Å². The van der Waals surface area contributed by atoms with E-state index in [9.17, 15) is 9.18 Å². The van der Waals surface area contributed by atoms with Gasteiger partial charge in [0.15, 0.2) is 5.69 Å². The highest BCUT2D eigenvalue weighted by atomic mass is 35.5. The van der Waals surface area contributed by atoms with Crippen LogP contribution < -0.4 is 4.90 Å². The predicted molar refractivity (Wildman–Crippen MR) is 114 cm³/mol. The minimum Gasteiger partial charge on any atom is -0.368 e. The smallest absolute Gasteiger partial charge is 0.276 e. The molecule has 3 aromatic rings. The third-order valence-corrected chi connectivity index (χ3v) is 6.05. The lowest BCUT2D eigenvalue weighted by Gasteiger charge is -2.36. The summed E-state index contributed by atoms with van der Waals surface area (Å²) in [5.41, 5.74) is 3.02. The Bertz CT molecular complexity index is 1080. The van der Waals surface area contributed by atoms with Crippen molar-refractivity contribution in [2.45, 2.75) is 19.3 Å². The third kappa shape index (κ3) is 4.00. The molecule has 31 heavy (non-hydrogen) atoms. The lowest BCUT2D eigenvalue weighted by molar-refractivity contribution is -0.00196. The zero-order valence-electron chi connectivity index (χ0n) is 16.7. The van der Waals surface area contributed by atoms with Gasteiger partial charge in [-0.15, -0.1) is 5.10 Å². The fourth-order valence-corrected chi connectivity index (χ4v) is 4.15. The summed E-state index contributed by atoms with van der Waals surface area (Å²) in [5, 5.41) is 9.05. The van der Waals surface area contributed by atoms with E-state index in [-0.39, 0.29) is 24.4 Å². The number of aromatic nitrogens is 3. The molecule has 0 aliphatic carbocycles. The van der Waals surface area contributed by atoms with Crippen LogP contribution in [0.4, 0.5) is 10.1 Å². The van der Waals surface area contributed by atoms with Crippen molar-refractivity contribution in [1.29, 1.82) is 0 Å². The number of fused-ring (bicyclic) bond motifs is 1. The molecule has 1 fully saturated rings. The zero-order chi connectivity index (χ0) is 21.4. The molecule has 0 saturated carbocycles. The molecule has 7 nitrogen and oxygen atoms in total. The molecule has 2 aromatic carbocycles. The first kappa shape index (κ1) is 20.0. The summed E-state index contributed by atoms with van der Waals surface area (Å²) in [4.78, 5) is 17.0. The number of benzene rings is 2. The van der Waals surface area contributed by atoms with Gasteiger partial charge in [0.2, 0.25) is 0 Å². The van der Waals surface area contributed by atoms with E-state index in [1.54, 1.807) is 21.7 Å². The van der Waals surface area contributed by atoms with E-state index in [1.807, 2.05) is 24.3 Å². The average molecular weight is 442 g/mol. The summed E-state index contributed by atoms with van der Waals surface area (Å²) in [5.74, 6) is -0.385. The van der Waals surface area contributed by atoms with E-state index in [1.165, 1.54) is 12.1 Å². The van der Waals surface area contributed by atoms with Gasteiger partial charge in [-0.25, -0.2) is 9.07 Å². The van der Waals surface area contributed by atoms with Crippen molar-refractivity contribution < 1.29 is 13.9 Å². The van der Waals surface area contributed by atoms with Gasteiger partial charge in [-0.2, -0.15) is 0 Å². The highest BCUT2D eigenvalue weighted by Gasteiger charge is 2.31. The van der Waals surface area contributed by atoms with E-state index < -0.39 is 0 Å². The molecule has 1 amide bonds. The molecular formula is C22H21ClFN5O2. The van der Waals surface area contributed by atoms with E-state index in [0.29, 0.717) is 49.1 Å². The molecule has 3 heterocycles. The summed E-state index contributed by atoms with van der Waals surface area (Å²) in [7, 11) is 0. The van der Waals surface area contributed by atoms with Gasteiger partial charge in [-0.3, -0.25) is 4.79 Å². The normalized spacial score (nSPS) is 18.7. The van der Waals surface area contributed by atoms with E-state index >= 15 is 0 Å². The second kappa shape index (κ2) is 8.28. The Morgan fingerprint density at radius 1 is 1.03 bits per heavy atom. The van der Waals surface area contributed by atoms with Crippen molar-refractivity contribution in [1.82, 2.24) is 19.9 Å². The molecule has 1 saturated heterocycles. The Labute approximate surface area is 184 Å². The van der Waals surface area contributed by atoms with Crippen molar-refractivity contribution in [2.75, 3.05) is 31.1 Å². The van der Waals surface area contributed by atoms with Gasteiger partial charge in [-0.1, -0.05) is 28.9 Å². The summed E-state index contributed by atoms with van der Waals surface area (Å²) < 4.78 is 20.9. The Morgan fingerprint density at radius 3 is 2.45 bits per heavy atom. The minimum atomic E-state index is -0.254. The summed E-state index contributed by atoms with van der Waals surface area (Å²) in [6.07, 6.45) is -0.159. The van der Waals surface area contributed by atoms with Crippen LogP contribution >= 0.6 is 11.6 Å². The largest absolute Gasteiger partial charge is 0.368 e. The van der Waals surface area contributed by atoms with Crippen LogP contribution in [0.15, 0.2) is 48.5 Å². The van der Waals surface area contributed by atoms with Crippen molar-refractivity contribution >= 4 is 23.2 Å². The van der Waals surface area contributed by atoms with Crippen LogP contribution in [0.5, 0.6) is 0 Å². The summed E-state index contributed by atoms with van der Waals surface area (Å²) >= 11 is 5.97. The maximum Gasteiger partial charge on any atom is 0.276 e. The number of nitrogens with zero attached hydrogens (tertiary/aromatic N) is 5. The van der Waals surface area contributed by atoms with Crippen LogP contribution in [0.25, 0.3) is 0 Å². The molecule has 0 spiro atoms. The van der Waals surface area contributed by atoms with E-state index in [2.05, 4.69) is 15.2 Å². The fraction of sp³-hybridized carbons (Fsp3) is 0.318. The molecule has 1 aromatic heterocycles. The van der Waals surface area contributed by atoms with Crippen LogP contribution in [0.2, 0.25) is 5.02 Å². The van der Waals surface area contributed by atoms with Gasteiger partial charge in [0, 0.05) is 36.9 Å². The zero-order valence-corrected chi connectivity index (χ0v) is 17.5. The number of ether oxygens (including phenoxy) is 1. The van der Waals surface area contributed by atoms with Crippen LogP contribution in [0.1, 0.15) is 27.8 Å². The highest BCUT2D eigenvalue weighted by molar-refractivity contribution is 6.30. The molecule has 0 unspecified atom stereocenters.